The lowest BCUT2D eigenvalue weighted by molar-refractivity contribution is 0.248. The number of aliphatic imine (C=N–C) groups is 1. The first-order chi connectivity index (χ1) is 5.43. The molecule has 0 spiro atoms. The number of hydrogen-bond acceptors (Lipinski definition) is 2. The lowest BCUT2D eigenvalue weighted by atomic mass is 10.0. The van der Waals surface area contributed by atoms with Crippen molar-refractivity contribution in [3.8, 4) is 0 Å². The molecular formula is C10H20N2. The van der Waals surface area contributed by atoms with Gasteiger partial charge in [0.25, 0.3) is 0 Å². The van der Waals surface area contributed by atoms with E-state index >= 15 is 0 Å². The normalized spacial score (nSPS) is 18.8. The molecule has 1 aliphatic rings. The summed E-state index contributed by atoms with van der Waals surface area (Å²) < 4.78 is 0. The Morgan fingerprint density at radius 2 is 1.92 bits per heavy atom. The molecule has 0 aliphatic carbocycles. The van der Waals surface area contributed by atoms with Crippen LogP contribution in [0.4, 0.5) is 0 Å². The molecular weight excluding hydrogens is 148 g/mol. The molecule has 0 aromatic rings. The molecule has 1 rings (SSSR count). The lowest BCUT2D eigenvalue weighted by Crippen LogP contribution is -2.45. The second kappa shape index (κ2) is 3.08. The van der Waals surface area contributed by atoms with Crippen LogP contribution in [0.25, 0.3) is 0 Å². The summed E-state index contributed by atoms with van der Waals surface area (Å²) in [7, 11) is 0. The highest BCUT2D eigenvalue weighted by atomic mass is 15.3. The smallest absolute Gasteiger partial charge is 0.102 e. The Hall–Kier alpha value is -0.530. The SMILES string of the molecule is CC(C)C1=NCCN1C(C)(C)C. The molecule has 0 saturated heterocycles. The van der Waals surface area contributed by atoms with Gasteiger partial charge in [0.2, 0.25) is 0 Å². The third-order valence-corrected chi connectivity index (χ3v) is 2.20. The fourth-order valence-electron chi connectivity index (χ4n) is 1.64. The van der Waals surface area contributed by atoms with Crippen LogP contribution in [-0.2, 0) is 0 Å². The largest absolute Gasteiger partial charge is 0.353 e. The van der Waals surface area contributed by atoms with Crippen LogP contribution in [-0.4, -0.2) is 29.4 Å². The minimum absolute atomic E-state index is 0.236. The van der Waals surface area contributed by atoms with Crippen LogP contribution >= 0.6 is 0 Å². The summed E-state index contributed by atoms with van der Waals surface area (Å²) in [5.74, 6) is 1.84. The summed E-state index contributed by atoms with van der Waals surface area (Å²) >= 11 is 0. The van der Waals surface area contributed by atoms with Crippen LogP contribution < -0.4 is 0 Å². The molecule has 0 atom stereocenters. The van der Waals surface area contributed by atoms with Crippen LogP contribution in [0, 0.1) is 5.92 Å². The van der Waals surface area contributed by atoms with Gasteiger partial charge in [-0.05, 0) is 20.8 Å². The second-order valence-corrected chi connectivity index (χ2v) is 4.72. The molecule has 2 nitrogen and oxygen atoms in total. The lowest BCUT2D eigenvalue weighted by Gasteiger charge is -2.36. The van der Waals surface area contributed by atoms with E-state index in [0.717, 1.165) is 13.1 Å². The molecule has 2 heteroatoms. The number of rotatable bonds is 1. The summed E-state index contributed by atoms with van der Waals surface area (Å²) in [5, 5.41) is 0. The van der Waals surface area contributed by atoms with E-state index in [-0.39, 0.29) is 5.54 Å². The van der Waals surface area contributed by atoms with Gasteiger partial charge in [-0.2, -0.15) is 0 Å². The highest BCUT2D eigenvalue weighted by Crippen LogP contribution is 2.20. The molecule has 0 saturated carbocycles. The second-order valence-electron chi connectivity index (χ2n) is 4.72. The molecule has 1 heterocycles. The van der Waals surface area contributed by atoms with Crippen molar-refractivity contribution in [3.63, 3.8) is 0 Å². The van der Waals surface area contributed by atoms with Gasteiger partial charge in [-0.25, -0.2) is 0 Å². The van der Waals surface area contributed by atoms with Gasteiger partial charge in [-0.3, -0.25) is 4.99 Å². The van der Waals surface area contributed by atoms with E-state index in [4.69, 9.17) is 0 Å². The van der Waals surface area contributed by atoms with Crippen molar-refractivity contribution in [2.75, 3.05) is 13.1 Å². The molecule has 0 amide bonds. The monoisotopic (exact) mass is 168 g/mol. The number of nitrogens with zero attached hydrogens (tertiary/aromatic N) is 2. The third-order valence-electron chi connectivity index (χ3n) is 2.20. The van der Waals surface area contributed by atoms with Crippen molar-refractivity contribution in [3.05, 3.63) is 0 Å². The van der Waals surface area contributed by atoms with Crippen molar-refractivity contribution < 1.29 is 0 Å². The van der Waals surface area contributed by atoms with Gasteiger partial charge in [0.05, 0.1) is 6.54 Å². The fourth-order valence-corrected chi connectivity index (χ4v) is 1.64. The first-order valence-corrected chi connectivity index (χ1v) is 4.75. The minimum Gasteiger partial charge on any atom is -0.353 e. The number of amidine groups is 1. The van der Waals surface area contributed by atoms with E-state index < -0.39 is 0 Å². The minimum atomic E-state index is 0.236. The molecule has 12 heavy (non-hydrogen) atoms. The highest BCUT2D eigenvalue weighted by Gasteiger charge is 2.28. The van der Waals surface area contributed by atoms with E-state index in [9.17, 15) is 0 Å². The molecule has 0 radical (unpaired) electrons. The van der Waals surface area contributed by atoms with Crippen LogP contribution in [0.2, 0.25) is 0 Å². The van der Waals surface area contributed by atoms with Crippen LogP contribution in [0.3, 0.4) is 0 Å². The zero-order valence-corrected chi connectivity index (χ0v) is 8.89. The van der Waals surface area contributed by atoms with Crippen LogP contribution in [0.5, 0.6) is 0 Å². The summed E-state index contributed by atoms with van der Waals surface area (Å²) in [6.45, 7) is 13.2. The summed E-state index contributed by atoms with van der Waals surface area (Å²) in [6, 6.07) is 0. The maximum absolute atomic E-state index is 4.53. The molecule has 70 valence electrons. The fraction of sp³-hybridized carbons (Fsp3) is 0.900. The Bertz CT molecular complexity index is 187. The van der Waals surface area contributed by atoms with Gasteiger partial charge in [0, 0.05) is 18.0 Å². The summed E-state index contributed by atoms with van der Waals surface area (Å²) in [4.78, 5) is 6.94. The average molecular weight is 168 g/mol. The Morgan fingerprint density at radius 1 is 1.33 bits per heavy atom. The van der Waals surface area contributed by atoms with E-state index in [2.05, 4.69) is 44.5 Å². The number of hydrogen-bond donors (Lipinski definition) is 0. The molecule has 0 fully saturated rings. The summed E-state index contributed by atoms with van der Waals surface area (Å²) in [5.41, 5.74) is 0.236. The van der Waals surface area contributed by atoms with Crippen molar-refractivity contribution in [2.45, 2.75) is 40.2 Å². The van der Waals surface area contributed by atoms with Crippen molar-refractivity contribution in [1.29, 1.82) is 0 Å². The van der Waals surface area contributed by atoms with Gasteiger partial charge >= 0.3 is 0 Å². The Balaban J connectivity index is 2.75. The van der Waals surface area contributed by atoms with Crippen molar-refractivity contribution in [2.24, 2.45) is 10.9 Å². The molecule has 1 aliphatic heterocycles. The van der Waals surface area contributed by atoms with Gasteiger partial charge in [-0.1, -0.05) is 13.8 Å². The third kappa shape index (κ3) is 1.79. The zero-order chi connectivity index (χ0) is 9.35. The van der Waals surface area contributed by atoms with Crippen LogP contribution in [0.1, 0.15) is 34.6 Å². The van der Waals surface area contributed by atoms with E-state index in [1.807, 2.05) is 0 Å². The van der Waals surface area contributed by atoms with Crippen LogP contribution in [0.15, 0.2) is 4.99 Å². The van der Waals surface area contributed by atoms with Gasteiger partial charge in [0.1, 0.15) is 5.84 Å². The topological polar surface area (TPSA) is 15.6 Å². The maximum Gasteiger partial charge on any atom is 0.102 e. The Labute approximate surface area is 75.7 Å². The molecule has 0 unspecified atom stereocenters. The standard InChI is InChI=1S/C10H20N2/c1-8(2)9-11-6-7-12(9)10(3,4)5/h8H,6-7H2,1-5H3. The highest BCUT2D eigenvalue weighted by molar-refractivity contribution is 5.86. The average Bonchev–Trinajstić information content (AvgIpc) is 2.30. The van der Waals surface area contributed by atoms with Gasteiger partial charge in [-0.15, -0.1) is 0 Å². The maximum atomic E-state index is 4.53. The zero-order valence-electron chi connectivity index (χ0n) is 8.89. The molecule has 0 bridgehead atoms. The van der Waals surface area contributed by atoms with E-state index in [1.54, 1.807) is 0 Å². The van der Waals surface area contributed by atoms with Gasteiger partial charge < -0.3 is 4.90 Å². The molecule has 0 aromatic carbocycles. The quantitative estimate of drug-likeness (QED) is 0.586. The van der Waals surface area contributed by atoms with E-state index in [1.165, 1.54) is 5.84 Å². The van der Waals surface area contributed by atoms with Gasteiger partial charge in [0.15, 0.2) is 0 Å². The van der Waals surface area contributed by atoms with Crippen molar-refractivity contribution in [1.82, 2.24) is 4.90 Å². The molecule has 0 aromatic heterocycles. The predicted molar refractivity (Wildman–Crippen MR) is 53.6 cm³/mol. The Morgan fingerprint density at radius 3 is 2.25 bits per heavy atom. The molecule has 0 N–H and O–H groups in total. The first kappa shape index (κ1) is 9.56. The summed E-state index contributed by atoms with van der Waals surface area (Å²) in [6.07, 6.45) is 0. The van der Waals surface area contributed by atoms with E-state index in [0.29, 0.717) is 5.92 Å². The predicted octanol–water partition coefficient (Wildman–Crippen LogP) is 2.16. The Kier molecular flexibility index (Phi) is 2.45. The first-order valence-electron chi connectivity index (χ1n) is 4.75. The van der Waals surface area contributed by atoms with Crippen molar-refractivity contribution >= 4 is 5.84 Å².